The molecule has 0 aliphatic heterocycles. The molecule has 0 bridgehead atoms. The molecule has 0 aliphatic carbocycles. The Hall–Kier alpha value is -0.790. The normalized spacial score (nSPS) is 12.5. The Balaban J connectivity index is 3.68. The average molecular weight is 198 g/mol. The Kier molecular flexibility index (Phi) is 7.17. The van der Waals surface area contributed by atoms with Gasteiger partial charge in [0.1, 0.15) is 0 Å². The number of allylic oxidation sites excluding steroid dienone is 1. The van der Waals surface area contributed by atoms with E-state index in [4.69, 9.17) is 5.11 Å². The van der Waals surface area contributed by atoms with Gasteiger partial charge in [0, 0.05) is 5.57 Å². The summed E-state index contributed by atoms with van der Waals surface area (Å²) >= 11 is 0. The Morgan fingerprint density at radius 1 is 1.07 bits per heavy atom. The molecular weight excluding hydrogens is 176 g/mol. The van der Waals surface area contributed by atoms with Crippen LogP contribution in [0.5, 0.6) is 0 Å². The van der Waals surface area contributed by atoms with Crippen LogP contribution in [0, 0.1) is 0 Å². The number of hydrogen-bond donors (Lipinski definition) is 1. The summed E-state index contributed by atoms with van der Waals surface area (Å²) in [5.41, 5.74) is 1.54. The lowest BCUT2D eigenvalue weighted by atomic mass is 10.0. The van der Waals surface area contributed by atoms with Gasteiger partial charge in [0.2, 0.25) is 0 Å². The third kappa shape index (κ3) is 5.79. The number of carbonyl (C=O) groups is 1. The summed E-state index contributed by atoms with van der Waals surface area (Å²) in [6, 6.07) is 0. The molecule has 0 rings (SSSR count). The van der Waals surface area contributed by atoms with Gasteiger partial charge in [0.15, 0.2) is 0 Å². The van der Waals surface area contributed by atoms with E-state index in [1.54, 1.807) is 6.92 Å². The van der Waals surface area contributed by atoms with Crippen LogP contribution in [-0.4, -0.2) is 11.1 Å². The summed E-state index contributed by atoms with van der Waals surface area (Å²) in [5, 5.41) is 8.74. The summed E-state index contributed by atoms with van der Waals surface area (Å²) in [6.07, 6.45) is 7.09. The minimum absolute atomic E-state index is 0.514. The lowest BCUT2D eigenvalue weighted by molar-refractivity contribution is -0.132. The van der Waals surface area contributed by atoms with E-state index >= 15 is 0 Å². The number of aliphatic carboxylic acids is 1. The van der Waals surface area contributed by atoms with Crippen molar-refractivity contribution >= 4 is 5.97 Å². The fraction of sp³-hybridized carbons (Fsp3) is 0.750. The van der Waals surface area contributed by atoms with Crippen molar-refractivity contribution in [3.63, 3.8) is 0 Å². The van der Waals surface area contributed by atoms with Gasteiger partial charge in [0.25, 0.3) is 0 Å². The molecule has 0 aliphatic rings. The third-order valence-electron chi connectivity index (χ3n) is 2.62. The lowest BCUT2D eigenvalue weighted by Crippen LogP contribution is -1.99. The SMILES string of the molecule is CCCCCCC/C(C)=C(\C)C(=O)O. The highest BCUT2D eigenvalue weighted by Crippen LogP contribution is 2.14. The molecule has 0 spiro atoms. The van der Waals surface area contributed by atoms with E-state index in [1.165, 1.54) is 25.7 Å². The molecular formula is C12H22O2. The molecule has 0 radical (unpaired) electrons. The predicted octanol–water partition coefficient (Wildman–Crippen LogP) is 3.77. The smallest absolute Gasteiger partial charge is 0.331 e. The first-order chi connectivity index (χ1) is 6.59. The summed E-state index contributed by atoms with van der Waals surface area (Å²) in [5.74, 6) is -0.781. The van der Waals surface area contributed by atoms with Crippen LogP contribution >= 0.6 is 0 Å². The summed E-state index contributed by atoms with van der Waals surface area (Å²) in [7, 11) is 0. The average Bonchev–Trinajstić information content (AvgIpc) is 2.16. The number of carboxylic acid groups (broad SMARTS) is 1. The highest BCUT2D eigenvalue weighted by Gasteiger charge is 2.04. The lowest BCUT2D eigenvalue weighted by Gasteiger charge is -2.03. The van der Waals surface area contributed by atoms with Crippen LogP contribution in [0.3, 0.4) is 0 Å². The Morgan fingerprint density at radius 2 is 1.64 bits per heavy atom. The van der Waals surface area contributed by atoms with Crippen molar-refractivity contribution in [3.05, 3.63) is 11.1 Å². The van der Waals surface area contributed by atoms with Crippen LogP contribution in [-0.2, 0) is 4.79 Å². The molecule has 2 nitrogen and oxygen atoms in total. The maximum absolute atomic E-state index is 10.6. The molecule has 0 aromatic carbocycles. The van der Waals surface area contributed by atoms with Crippen LogP contribution in [0.2, 0.25) is 0 Å². The van der Waals surface area contributed by atoms with Gasteiger partial charge < -0.3 is 5.11 Å². The second-order valence-electron chi connectivity index (χ2n) is 3.87. The molecule has 0 saturated carbocycles. The van der Waals surface area contributed by atoms with Crippen LogP contribution in [0.25, 0.3) is 0 Å². The zero-order valence-corrected chi connectivity index (χ0v) is 9.60. The van der Waals surface area contributed by atoms with Crippen LogP contribution < -0.4 is 0 Å². The Labute approximate surface area is 87.0 Å². The van der Waals surface area contributed by atoms with Crippen LogP contribution in [0.4, 0.5) is 0 Å². The van der Waals surface area contributed by atoms with E-state index in [-0.39, 0.29) is 0 Å². The first-order valence-corrected chi connectivity index (χ1v) is 5.49. The molecule has 0 aromatic rings. The summed E-state index contributed by atoms with van der Waals surface area (Å²) in [4.78, 5) is 10.6. The number of hydrogen-bond acceptors (Lipinski definition) is 1. The van der Waals surface area contributed by atoms with Crippen molar-refractivity contribution in [1.29, 1.82) is 0 Å². The molecule has 0 fully saturated rings. The molecule has 0 amide bonds. The number of carboxylic acids is 1. The molecule has 82 valence electrons. The molecule has 0 unspecified atom stereocenters. The van der Waals surface area contributed by atoms with Gasteiger partial charge in [-0.05, 0) is 26.7 Å². The molecule has 0 atom stereocenters. The second-order valence-corrected chi connectivity index (χ2v) is 3.87. The fourth-order valence-corrected chi connectivity index (χ4v) is 1.36. The van der Waals surface area contributed by atoms with Gasteiger partial charge in [-0.15, -0.1) is 0 Å². The number of unbranched alkanes of at least 4 members (excludes halogenated alkanes) is 4. The summed E-state index contributed by atoms with van der Waals surface area (Å²) in [6.45, 7) is 5.80. The maximum atomic E-state index is 10.6. The van der Waals surface area contributed by atoms with Crippen molar-refractivity contribution < 1.29 is 9.90 Å². The van der Waals surface area contributed by atoms with Gasteiger partial charge >= 0.3 is 5.97 Å². The minimum Gasteiger partial charge on any atom is -0.478 e. The largest absolute Gasteiger partial charge is 0.478 e. The third-order valence-corrected chi connectivity index (χ3v) is 2.62. The molecule has 1 N–H and O–H groups in total. The minimum atomic E-state index is -0.781. The first-order valence-electron chi connectivity index (χ1n) is 5.49. The van der Waals surface area contributed by atoms with Gasteiger partial charge in [-0.1, -0.05) is 38.2 Å². The molecule has 2 heteroatoms. The van der Waals surface area contributed by atoms with Crippen molar-refractivity contribution in [2.24, 2.45) is 0 Å². The van der Waals surface area contributed by atoms with E-state index < -0.39 is 5.97 Å². The van der Waals surface area contributed by atoms with Crippen molar-refractivity contribution in [1.82, 2.24) is 0 Å². The molecule has 0 heterocycles. The molecule has 0 aromatic heterocycles. The molecule has 14 heavy (non-hydrogen) atoms. The zero-order valence-electron chi connectivity index (χ0n) is 9.60. The highest BCUT2D eigenvalue weighted by atomic mass is 16.4. The van der Waals surface area contributed by atoms with Gasteiger partial charge in [-0.2, -0.15) is 0 Å². The van der Waals surface area contributed by atoms with Gasteiger partial charge in [-0.3, -0.25) is 0 Å². The van der Waals surface area contributed by atoms with Gasteiger partial charge in [0.05, 0.1) is 0 Å². The van der Waals surface area contributed by atoms with E-state index in [2.05, 4.69) is 6.92 Å². The van der Waals surface area contributed by atoms with Crippen molar-refractivity contribution in [3.8, 4) is 0 Å². The first kappa shape index (κ1) is 13.2. The highest BCUT2D eigenvalue weighted by molar-refractivity contribution is 5.86. The van der Waals surface area contributed by atoms with Crippen LogP contribution in [0.15, 0.2) is 11.1 Å². The van der Waals surface area contributed by atoms with E-state index in [0.29, 0.717) is 5.57 Å². The summed E-state index contributed by atoms with van der Waals surface area (Å²) < 4.78 is 0. The van der Waals surface area contributed by atoms with Gasteiger partial charge in [-0.25, -0.2) is 4.79 Å². The monoisotopic (exact) mass is 198 g/mol. The van der Waals surface area contributed by atoms with E-state index in [1.807, 2.05) is 6.92 Å². The van der Waals surface area contributed by atoms with E-state index in [0.717, 1.165) is 18.4 Å². The topological polar surface area (TPSA) is 37.3 Å². The molecule has 0 saturated heterocycles. The van der Waals surface area contributed by atoms with Crippen molar-refractivity contribution in [2.75, 3.05) is 0 Å². The standard InChI is InChI=1S/C12H22O2/c1-4-5-6-7-8-9-10(2)11(3)12(13)14/h4-9H2,1-3H3,(H,13,14)/b11-10+. The second kappa shape index (κ2) is 7.60. The Bertz CT molecular complexity index is 204. The Morgan fingerprint density at radius 3 is 2.14 bits per heavy atom. The quantitative estimate of drug-likeness (QED) is 0.499. The van der Waals surface area contributed by atoms with Crippen LogP contribution in [0.1, 0.15) is 59.3 Å². The van der Waals surface area contributed by atoms with Crippen molar-refractivity contribution in [2.45, 2.75) is 59.3 Å². The predicted molar refractivity (Wildman–Crippen MR) is 59.4 cm³/mol. The van der Waals surface area contributed by atoms with E-state index in [9.17, 15) is 4.79 Å². The maximum Gasteiger partial charge on any atom is 0.331 e. The fourth-order valence-electron chi connectivity index (χ4n) is 1.36. The zero-order chi connectivity index (χ0) is 11.0. The number of rotatable bonds is 7.